The Morgan fingerprint density at radius 3 is 2.58 bits per heavy atom. The number of amides is 2. The van der Waals surface area contributed by atoms with E-state index < -0.39 is 5.91 Å². The molecule has 0 saturated carbocycles. The van der Waals surface area contributed by atoms with Gasteiger partial charge in [0.05, 0.1) is 5.56 Å². The van der Waals surface area contributed by atoms with Gasteiger partial charge in [0.2, 0.25) is 0 Å². The van der Waals surface area contributed by atoms with Crippen LogP contribution >= 0.6 is 12.4 Å². The molecule has 7 heteroatoms. The molecule has 6 nitrogen and oxygen atoms in total. The Bertz CT molecular complexity index is 546. The van der Waals surface area contributed by atoms with Gasteiger partial charge in [-0.15, -0.1) is 12.4 Å². The highest BCUT2D eigenvalue weighted by Crippen LogP contribution is 2.23. The van der Waals surface area contributed by atoms with Gasteiger partial charge in [-0.1, -0.05) is 19.1 Å². The molecule has 0 spiro atoms. The standard InChI is InChI=1S/C17H25N3O3.ClH/c1-2-19-11-13-7-9-20(10-8-13)17(22)14-5-3-4-6-15(14)23-12-16(18)21;/h3-6,13,19H,2,7-12H2,1H3,(H2,18,21);1H. The van der Waals surface area contributed by atoms with E-state index in [1.807, 2.05) is 4.90 Å². The number of para-hydroxylation sites is 1. The fourth-order valence-electron chi connectivity index (χ4n) is 2.78. The average Bonchev–Trinajstić information content (AvgIpc) is 2.58. The third-order valence-corrected chi connectivity index (χ3v) is 4.07. The Morgan fingerprint density at radius 1 is 1.29 bits per heavy atom. The Labute approximate surface area is 149 Å². The van der Waals surface area contributed by atoms with E-state index in [0.717, 1.165) is 39.0 Å². The van der Waals surface area contributed by atoms with Crippen LogP contribution in [0, 0.1) is 5.92 Å². The molecule has 1 aliphatic rings. The van der Waals surface area contributed by atoms with E-state index in [0.29, 0.717) is 17.2 Å². The highest BCUT2D eigenvalue weighted by atomic mass is 35.5. The first-order chi connectivity index (χ1) is 11.1. The number of nitrogens with zero attached hydrogens (tertiary/aromatic N) is 1. The van der Waals surface area contributed by atoms with Crippen molar-refractivity contribution in [2.75, 3.05) is 32.8 Å². The van der Waals surface area contributed by atoms with Crippen LogP contribution in [0.1, 0.15) is 30.1 Å². The fraction of sp³-hybridized carbons (Fsp3) is 0.529. The number of likely N-dealkylation sites (tertiary alicyclic amines) is 1. The zero-order chi connectivity index (χ0) is 16.7. The number of benzene rings is 1. The van der Waals surface area contributed by atoms with Gasteiger partial charge >= 0.3 is 0 Å². The number of hydrogen-bond donors (Lipinski definition) is 2. The minimum absolute atomic E-state index is 0. The van der Waals surface area contributed by atoms with Crippen molar-refractivity contribution in [2.45, 2.75) is 19.8 Å². The minimum Gasteiger partial charge on any atom is -0.483 e. The third kappa shape index (κ3) is 5.69. The number of hydrogen-bond acceptors (Lipinski definition) is 4. The van der Waals surface area contributed by atoms with Crippen LogP contribution in [0.25, 0.3) is 0 Å². The van der Waals surface area contributed by atoms with Crippen LogP contribution in [0.4, 0.5) is 0 Å². The first kappa shape index (κ1) is 20.3. The molecule has 1 fully saturated rings. The van der Waals surface area contributed by atoms with E-state index in [1.165, 1.54) is 0 Å². The number of nitrogens with one attached hydrogen (secondary N) is 1. The minimum atomic E-state index is -0.559. The summed E-state index contributed by atoms with van der Waals surface area (Å²) in [5.74, 6) is 0.426. The van der Waals surface area contributed by atoms with Crippen LogP contribution in [0.5, 0.6) is 5.75 Å². The van der Waals surface area contributed by atoms with Crippen molar-refractivity contribution in [3.63, 3.8) is 0 Å². The van der Waals surface area contributed by atoms with Crippen molar-refractivity contribution in [3.8, 4) is 5.75 Å². The number of nitrogens with two attached hydrogens (primary N) is 1. The maximum absolute atomic E-state index is 12.7. The number of piperidine rings is 1. The molecule has 0 bridgehead atoms. The normalized spacial score (nSPS) is 14.8. The topological polar surface area (TPSA) is 84.7 Å². The Balaban J connectivity index is 0.00000288. The van der Waals surface area contributed by atoms with Crippen molar-refractivity contribution in [2.24, 2.45) is 11.7 Å². The van der Waals surface area contributed by atoms with Crippen LogP contribution in [0.3, 0.4) is 0 Å². The van der Waals surface area contributed by atoms with Gasteiger partial charge in [0.1, 0.15) is 5.75 Å². The lowest BCUT2D eigenvalue weighted by atomic mass is 9.96. The van der Waals surface area contributed by atoms with E-state index >= 15 is 0 Å². The summed E-state index contributed by atoms with van der Waals surface area (Å²) in [7, 11) is 0. The molecule has 2 rings (SSSR count). The van der Waals surface area contributed by atoms with Crippen LogP contribution < -0.4 is 15.8 Å². The molecular formula is C17H26ClN3O3. The van der Waals surface area contributed by atoms with Crippen molar-refractivity contribution in [1.29, 1.82) is 0 Å². The number of halogens is 1. The highest BCUT2D eigenvalue weighted by molar-refractivity contribution is 5.97. The molecule has 1 aromatic carbocycles. The molecule has 1 aliphatic heterocycles. The Kier molecular flexibility index (Phi) is 8.57. The van der Waals surface area contributed by atoms with Crippen molar-refractivity contribution >= 4 is 24.2 Å². The highest BCUT2D eigenvalue weighted by Gasteiger charge is 2.25. The lowest BCUT2D eigenvalue weighted by Crippen LogP contribution is -2.41. The number of carbonyl (C=O) groups excluding carboxylic acids is 2. The van der Waals surface area contributed by atoms with Crippen molar-refractivity contribution in [3.05, 3.63) is 29.8 Å². The van der Waals surface area contributed by atoms with Crippen LogP contribution in [-0.2, 0) is 4.79 Å². The largest absolute Gasteiger partial charge is 0.483 e. The lowest BCUT2D eigenvalue weighted by molar-refractivity contribution is -0.119. The number of carbonyl (C=O) groups is 2. The second-order valence-corrected chi connectivity index (χ2v) is 5.79. The van der Waals surface area contributed by atoms with Gasteiger partial charge in [-0.25, -0.2) is 0 Å². The predicted octanol–water partition coefficient (Wildman–Crippen LogP) is 1.43. The SMILES string of the molecule is CCNCC1CCN(C(=O)c2ccccc2OCC(N)=O)CC1.Cl. The van der Waals surface area contributed by atoms with Gasteiger partial charge in [0.15, 0.2) is 6.61 Å². The van der Waals surface area contributed by atoms with Gasteiger partial charge in [0.25, 0.3) is 11.8 Å². The third-order valence-electron chi connectivity index (χ3n) is 4.07. The number of ether oxygens (including phenoxy) is 1. The smallest absolute Gasteiger partial charge is 0.257 e. The van der Waals surface area contributed by atoms with Gasteiger partial charge < -0.3 is 20.7 Å². The maximum atomic E-state index is 12.7. The van der Waals surface area contributed by atoms with Crippen LogP contribution in [-0.4, -0.2) is 49.5 Å². The van der Waals surface area contributed by atoms with E-state index in [2.05, 4.69) is 12.2 Å². The second-order valence-electron chi connectivity index (χ2n) is 5.79. The molecular weight excluding hydrogens is 330 g/mol. The zero-order valence-corrected chi connectivity index (χ0v) is 14.8. The quantitative estimate of drug-likeness (QED) is 0.775. The molecule has 3 N–H and O–H groups in total. The fourth-order valence-corrected chi connectivity index (χ4v) is 2.78. The summed E-state index contributed by atoms with van der Waals surface area (Å²) in [6.45, 7) is 5.36. The van der Waals surface area contributed by atoms with E-state index in [-0.39, 0.29) is 24.9 Å². The molecule has 1 aromatic rings. The molecule has 0 atom stereocenters. The summed E-state index contributed by atoms with van der Waals surface area (Å²) in [6.07, 6.45) is 2.01. The summed E-state index contributed by atoms with van der Waals surface area (Å²) < 4.78 is 5.35. The molecule has 134 valence electrons. The van der Waals surface area contributed by atoms with Gasteiger partial charge in [-0.3, -0.25) is 9.59 Å². The monoisotopic (exact) mass is 355 g/mol. The zero-order valence-electron chi connectivity index (χ0n) is 14.0. The molecule has 0 aromatic heterocycles. The molecule has 1 saturated heterocycles. The summed E-state index contributed by atoms with van der Waals surface area (Å²) >= 11 is 0. The van der Waals surface area contributed by atoms with E-state index in [4.69, 9.17) is 10.5 Å². The first-order valence-corrected chi connectivity index (χ1v) is 8.12. The predicted molar refractivity (Wildman–Crippen MR) is 95.6 cm³/mol. The summed E-state index contributed by atoms with van der Waals surface area (Å²) in [4.78, 5) is 25.4. The van der Waals surface area contributed by atoms with E-state index in [1.54, 1.807) is 24.3 Å². The maximum Gasteiger partial charge on any atom is 0.257 e. The Morgan fingerprint density at radius 2 is 1.96 bits per heavy atom. The molecule has 0 aliphatic carbocycles. The second kappa shape index (κ2) is 10.2. The lowest BCUT2D eigenvalue weighted by Gasteiger charge is -2.32. The van der Waals surface area contributed by atoms with E-state index in [9.17, 15) is 9.59 Å². The average molecular weight is 356 g/mol. The molecule has 0 radical (unpaired) electrons. The van der Waals surface area contributed by atoms with Crippen LogP contribution in [0.2, 0.25) is 0 Å². The Hall–Kier alpha value is -1.79. The number of primary amides is 1. The first-order valence-electron chi connectivity index (χ1n) is 8.12. The van der Waals surface area contributed by atoms with Crippen molar-refractivity contribution < 1.29 is 14.3 Å². The van der Waals surface area contributed by atoms with Gasteiger partial charge in [-0.05, 0) is 44.0 Å². The van der Waals surface area contributed by atoms with Gasteiger partial charge in [-0.2, -0.15) is 0 Å². The molecule has 24 heavy (non-hydrogen) atoms. The van der Waals surface area contributed by atoms with Gasteiger partial charge in [0, 0.05) is 13.1 Å². The van der Waals surface area contributed by atoms with Crippen molar-refractivity contribution in [1.82, 2.24) is 10.2 Å². The number of rotatable bonds is 7. The molecule has 2 amide bonds. The summed E-state index contributed by atoms with van der Waals surface area (Å²) in [5, 5.41) is 3.36. The van der Waals surface area contributed by atoms with Crippen LogP contribution in [0.15, 0.2) is 24.3 Å². The molecule has 0 unspecified atom stereocenters. The molecule has 1 heterocycles. The summed E-state index contributed by atoms with van der Waals surface area (Å²) in [5.41, 5.74) is 5.58. The summed E-state index contributed by atoms with van der Waals surface area (Å²) in [6, 6.07) is 6.98.